The number of nitrogens with one attached hydrogen (secondary N) is 1. The lowest BCUT2D eigenvalue weighted by atomic mass is 9.87. The van der Waals surface area contributed by atoms with Gasteiger partial charge < -0.3 is 14.5 Å². The fraction of sp³-hybridized carbons (Fsp3) is 0.385. The van der Waals surface area contributed by atoms with E-state index < -0.39 is 32.9 Å². The highest BCUT2D eigenvalue weighted by Gasteiger charge is 2.37. The third kappa shape index (κ3) is 7.01. The third-order valence-corrected chi connectivity index (χ3v) is 13.8. The molecule has 13 nitrogen and oxygen atoms in total. The van der Waals surface area contributed by atoms with Crippen molar-refractivity contribution in [1.29, 1.82) is 5.26 Å². The Morgan fingerprint density at radius 3 is 2.64 bits per heavy atom. The van der Waals surface area contributed by atoms with Crippen molar-refractivity contribution in [3.8, 4) is 29.0 Å². The summed E-state index contributed by atoms with van der Waals surface area (Å²) in [5, 5.41) is 11.8. The van der Waals surface area contributed by atoms with Crippen LogP contribution < -0.4 is 15.2 Å². The van der Waals surface area contributed by atoms with Crippen molar-refractivity contribution in [3.63, 3.8) is 0 Å². The first-order valence-electron chi connectivity index (χ1n) is 18.1. The minimum absolute atomic E-state index is 0.0248. The van der Waals surface area contributed by atoms with Gasteiger partial charge >= 0.3 is 0 Å². The van der Waals surface area contributed by atoms with Gasteiger partial charge in [-0.1, -0.05) is 23.4 Å². The average Bonchev–Trinajstić information content (AvgIpc) is 3.58. The molecule has 2 aliphatic heterocycles. The average molecular weight is 815 g/mol. The van der Waals surface area contributed by atoms with Crippen LogP contribution in [0.2, 0.25) is 5.02 Å². The number of benzene rings is 1. The molecule has 4 aromatic heterocycles. The van der Waals surface area contributed by atoms with Gasteiger partial charge in [-0.25, -0.2) is 27.5 Å². The fourth-order valence-electron chi connectivity index (χ4n) is 7.53. The number of halogens is 2. The van der Waals surface area contributed by atoms with Crippen molar-refractivity contribution in [2.75, 3.05) is 38.3 Å². The summed E-state index contributed by atoms with van der Waals surface area (Å²) in [6.07, 6.45) is 5.22. The highest BCUT2D eigenvalue weighted by Crippen LogP contribution is 2.37. The molecule has 1 amide bonds. The van der Waals surface area contributed by atoms with Gasteiger partial charge in [0, 0.05) is 65.5 Å². The first-order valence-corrected chi connectivity index (χ1v) is 20.9. The van der Waals surface area contributed by atoms with Gasteiger partial charge in [0.05, 0.1) is 52.6 Å². The molecule has 1 aliphatic carbocycles. The topological polar surface area (TPSA) is 163 Å². The minimum atomic E-state index is -3.91. The fourth-order valence-corrected chi connectivity index (χ4v) is 9.82. The maximum atomic E-state index is 14.1. The molecule has 288 valence electrons. The molecule has 3 fully saturated rings. The maximum Gasteiger partial charge on any atom is 0.267 e. The summed E-state index contributed by atoms with van der Waals surface area (Å²) in [7, 11) is -2.01. The van der Waals surface area contributed by atoms with Crippen LogP contribution in [-0.2, 0) is 21.3 Å². The number of likely N-dealkylation sites (tertiary alicyclic amines) is 1. The predicted octanol–water partition coefficient (Wildman–Crippen LogP) is 4.81. The van der Waals surface area contributed by atoms with E-state index in [1.165, 1.54) is 28.3 Å². The van der Waals surface area contributed by atoms with Crippen molar-refractivity contribution in [1.82, 2.24) is 29.1 Å². The molecule has 6 heterocycles. The maximum absolute atomic E-state index is 14.1. The Labute approximate surface area is 331 Å². The molecule has 0 radical (unpaired) electrons. The van der Waals surface area contributed by atoms with E-state index >= 15 is 0 Å². The number of piperidine rings is 1. The Kier molecular flexibility index (Phi) is 10.3. The van der Waals surface area contributed by atoms with Gasteiger partial charge in [-0.3, -0.25) is 19.1 Å². The van der Waals surface area contributed by atoms with Gasteiger partial charge in [-0.05, 0) is 56.9 Å². The number of carbonyl (C=O) groups is 1. The van der Waals surface area contributed by atoms with E-state index in [4.69, 9.17) is 16.3 Å². The number of hydrogen-bond donors (Lipinski definition) is 1. The Morgan fingerprint density at radius 1 is 1.18 bits per heavy atom. The number of aromatic nitrogens is 4. The molecule has 56 heavy (non-hydrogen) atoms. The van der Waals surface area contributed by atoms with Crippen molar-refractivity contribution in [3.05, 3.63) is 79.9 Å². The summed E-state index contributed by atoms with van der Waals surface area (Å²) < 4.78 is 47.9. The summed E-state index contributed by atoms with van der Waals surface area (Å²) >= 11 is 7.70. The van der Waals surface area contributed by atoms with Crippen LogP contribution >= 0.6 is 22.9 Å². The zero-order valence-corrected chi connectivity index (χ0v) is 32.8. The van der Waals surface area contributed by atoms with Crippen LogP contribution in [0.1, 0.15) is 53.0 Å². The number of carbonyl (C=O) groups excluding carboxylic acids is 1. The molecule has 0 atom stereocenters. The summed E-state index contributed by atoms with van der Waals surface area (Å²) in [6.45, 7) is 3.41. The number of ether oxygens (including phenoxy) is 1. The molecule has 0 bridgehead atoms. The van der Waals surface area contributed by atoms with Gasteiger partial charge in [-0.2, -0.15) is 5.26 Å². The van der Waals surface area contributed by atoms with Crippen molar-refractivity contribution < 1.29 is 22.3 Å². The summed E-state index contributed by atoms with van der Waals surface area (Å²) in [6, 6.07) is 9.61. The highest BCUT2D eigenvalue weighted by molar-refractivity contribution is 7.90. The van der Waals surface area contributed by atoms with Gasteiger partial charge in [0.1, 0.15) is 34.7 Å². The smallest absolute Gasteiger partial charge is 0.267 e. The molecule has 3 aliphatic rings. The number of aryl methyl sites for hydroxylation is 1. The number of nitriles is 1. The van der Waals surface area contributed by atoms with Crippen LogP contribution in [0.25, 0.3) is 32.2 Å². The Morgan fingerprint density at radius 2 is 1.95 bits per heavy atom. The zero-order valence-electron chi connectivity index (χ0n) is 30.5. The number of pyridine rings is 2. The first kappa shape index (κ1) is 37.9. The van der Waals surface area contributed by atoms with Crippen molar-refractivity contribution in [2.45, 2.75) is 62.7 Å². The summed E-state index contributed by atoms with van der Waals surface area (Å²) in [5.74, 6) is 6.33. The number of fused-ring (bicyclic) bond motifs is 2. The molecule has 5 aromatic rings. The SMILES string of the molecule is Cc1nc2cnc(N(C)C3CCN(C4CC(F)C4)CC3)c(C#N)c2c(=O)n1CC#Cc1ccc(Cl)cc1-c1ccnc2c(C(=O)NS(=O)(=O)C3COC3)csc12. The standard InChI is InChI=1S/C39H36ClFN8O5S2/c1-22-45-33-18-44-37(47(2)26-8-12-48(13-9-26)27-15-25(41)16-27)31(17-42)34(33)39(51)49(22)11-3-4-23-5-6-24(40)14-30(23)29-7-10-43-35-32(21-55-36(29)35)38(50)46-56(52,53)28-19-54-20-28/h5-7,10,14,18,21,25-28H,8-9,11-13,15-16,19-20H2,1-2H3,(H,46,50). The third-order valence-electron chi connectivity index (χ3n) is 10.9. The minimum Gasteiger partial charge on any atom is -0.378 e. The Balaban J connectivity index is 1.07. The van der Waals surface area contributed by atoms with E-state index in [0.29, 0.717) is 68.0 Å². The molecular formula is C39H36ClFN8O5S2. The molecule has 8 rings (SSSR count). The number of amides is 1. The Hall–Kier alpha value is -4.97. The quantitative estimate of drug-likeness (QED) is 0.214. The lowest BCUT2D eigenvalue weighted by molar-refractivity contribution is 0.0382. The molecule has 1 saturated carbocycles. The van der Waals surface area contributed by atoms with E-state index in [-0.39, 0.29) is 42.3 Å². The number of nitrogens with zero attached hydrogens (tertiary/aromatic N) is 7. The van der Waals surface area contributed by atoms with Gasteiger partial charge in [0.15, 0.2) is 0 Å². The number of thiophene rings is 1. The van der Waals surface area contributed by atoms with Crippen LogP contribution in [0.5, 0.6) is 0 Å². The second kappa shape index (κ2) is 15.2. The molecule has 2 saturated heterocycles. The number of alkyl halides is 1. The van der Waals surface area contributed by atoms with Crippen LogP contribution in [-0.4, -0.2) is 95.6 Å². The normalized spacial score (nSPS) is 19.1. The van der Waals surface area contributed by atoms with Crippen LogP contribution in [0.4, 0.5) is 10.2 Å². The Bertz CT molecular complexity index is 2670. The van der Waals surface area contributed by atoms with Gasteiger partial charge in [-0.15, -0.1) is 11.3 Å². The number of sulfonamides is 1. The summed E-state index contributed by atoms with van der Waals surface area (Å²) in [5.41, 5.74) is 2.46. The van der Waals surface area contributed by atoms with E-state index in [1.54, 1.807) is 36.6 Å². The summed E-state index contributed by atoms with van der Waals surface area (Å²) in [4.78, 5) is 45.2. The predicted molar refractivity (Wildman–Crippen MR) is 212 cm³/mol. The second-order valence-corrected chi connectivity index (χ2v) is 17.6. The van der Waals surface area contributed by atoms with Gasteiger partial charge in [0.2, 0.25) is 10.0 Å². The molecule has 17 heteroatoms. The van der Waals surface area contributed by atoms with Crippen LogP contribution in [0.15, 0.2) is 46.8 Å². The van der Waals surface area contributed by atoms with Gasteiger partial charge in [0.25, 0.3) is 11.5 Å². The monoisotopic (exact) mass is 814 g/mol. The number of anilines is 1. The first-order chi connectivity index (χ1) is 26.9. The van der Waals surface area contributed by atoms with E-state index in [2.05, 4.69) is 42.5 Å². The molecule has 0 unspecified atom stereocenters. The van der Waals surface area contributed by atoms with E-state index in [9.17, 15) is 27.7 Å². The zero-order chi connectivity index (χ0) is 39.3. The molecule has 0 spiro atoms. The van der Waals surface area contributed by atoms with Crippen LogP contribution in [0.3, 0.4) is 0 Å². The van der Waals surface area contributed by atoms with Crippen molar-refractivity contribution >= 4 is 65.8 Å². The van der Waals surface area contributed by atoms with Crippen molar-refractivity contribution in [2.24, 2.45) is 0 Å². The highest BCUT2D eigenvalue weighted by atomic mass is 35.5. The van der Waals surface area contributed by atoms with E-state index in [0.717, 1.165) is 25.9 Å². The molecule has 1 N–H and O–H groups in total. The lowest BCUT2D eigenvalue weighted by Gasteiger charge is -2.45. The second-order valence-electron chi connectivity index (χ2n) is 14.3. The number of rotatable bonds is 8. The lowest BCUT2D eigenvalue weighted by Crippen LogP contribution is -2.52. The van der Waals surface area contributed by atoms with E-state index in [1.807, 2.05) is 11.9 Å². The molecular weight excluding hydrogens is 779 g/mol. The number of hydrogen-bond acceptors (Lipinski definition) is 12. The largest absolute Gasteiger partial charge is 0.378 e. The van der Waals surface area contributed by atoms with Crippen LogP contribution in [0, 0.1) is 30.1 Å². The molecule has 1 aromatic carbocycles.